The summed E-state index contributed by atoms with van der Waals surface area (Å²) in [5.74, 6) is 0. The Balaban J connectivity index is 2.13. The van der Waals surface area contributed by atoms with Crippen LogP contribution in [0.2, 0.25) is 0 Å². The molecule has 2 rings (SSSR count). The molecule has 2 fully saturated rings. The van der Waals surface area contributed by atoms with Crippen LogP contribution in [0.15, 0.2) is 0 Å². The maximum absolute atomic E-state index is 12.7. The molecule has 1 atom stereocenters. The molecule has 2 aliphatic heterocycles. The van der Waals surface area contributed by atoms with Gasteiger partial charge in [-0.05, 0) is 40.3 Å². The molecule has 19 heavy (non-hydrogen) atoms. The van der Waals surface area contributed by atoms with Gasteiger partial charge in [-0.25, -0.2) is 8.42 Å². The number of hydrogen-bond acceptors (Lipinski definition) is 4. The lowest BCUT2D eigenvalue weighted by Crippen LogP contribution is -2.51. The second-order valence-electron chi connectivity index (χ2n) is 6.43. The van der Waals surface area contributed by atoms with Crippen LogP contribution >= 0.6 is 0 Å². The molecule has 1 N–H and O–H groups in total. The van der Waals surface area contributed by atoms with Crippen LogP contribution in [0.3, 0.4) is 0 Å². The molecule has 0 saturated carbocycles. The fourth-order valence-corrected chi connectivity index (χ4v) is 4.64. The molecule has 2 heterocycles. The molecule has 0 aliphatic carbocycles. The number of likely N-dealkylation sites (N-methyl/N-ethyl adjacent to an activating group) is 1. The topological polar surface area (TPSA) is 52.6 Å². The zero-order valence-corrected chi connectivity index (χ0v) is 13.2. The summed E-state index contributed by atoms with van der Waals surface area (Å²) < 4.78 is 26.4. The average molecular weight is 289 g/mol. The van der Waals surface area contributed by atoms with Gasteiger partial charge in [0.1, 0.15) is 0 Å². The van der Waals surface area contributed by atoms with E-state index in [-0.39, 0.29) is 0 Å². The van der Waals surface area contributed by atoms with E-state index in [1.165, 1.54) is 12.8 Å². The molecule has 1 unspecified atom stereocenters. The van der Waals surface area contributed by atoms with E-state index in [1.54, 1.807) is 4.31 Å². The fraction of sp³-hybridized carbons (Fsp3) is 1.00. The first-order chi connectivity index (χ1) is 8.84. The summed E-state index contributed by atoms with van der Waals surface area (Å²) in [5, 5.41) is 3.24. The van der Waals surface area contributed by atoms with E-state index in [9.17, 15) is 8.42 Å². The largest absolute Gasteiger partial charge is 0.314 e. The minimum atomic E-state index is -3.22. The Kier molecular flexibility index (Phi) is 4.55. The van der Waals surface area contributed by atoms with Crippen molar-refractivity contribution in [1.29, 1.82) is 0 Å². The molecule has 5 nitrogen and oxygen atoms in total. The van der Waals surface area contributed by atoms with E-state index >= 15 is 0 Å². The molecular weight excluding hydrogens is 262 g/mol. The van der Waals surface area contributed by atoms with Gasteiger partial charge in [0, 0.05) is 32.2 Å². The highest BCUT2D eigenvalue weighted by Crippen LogP contribution is 2.24. The van der Waals surface area contributed by atoms with Gasteiger partial charge in [0.2, 0.25) is 10.0 Å². The van der Waals surface area contributed by atoms with E-state index in [2.05, 4.69) is 17.3 Å². The predicted molar refractivity (Wildman–Crippen MR) is 77.7 cm³/mol. The number of likely N-dealkylation sites (tertiary alicyclic amines) is 1. The van der Waals surface area contributed by atoms with Crippen LogP contribution in [-0.4, -0.2) is 68.2 Å². The third-order valence-corrected chi connectivity index (χ3v) is 7.02. The molecule has 0 aromatic carbocycles. The summed E-state index contributed by atoms with van der Waals surface area (Å²) >= 11 is 0. The first kappa shape index (κ1) is 15.2. The molecule has 112 valence electrons. The quantitative estimate of drug-likeness (QED) is 0.803. The van der Waals surface area contributed by atoms with E-state index in [4.69, 9.17) is 0 Å². The Hall–Kier alpha value is -0.170. The Morgan fingerprint density at radius 1 is 1.26 bits per heavy atom. The minimum Gasteiger partial charge on any atom is -0.314 e. The molecule has 0 spiro atoms. The van der Waals surface area contributed by atoms with E-state index in [1.807, 2.05) is 13.8 Å². The molecule has 0 bridgehead atoms. The zero-order valence-electron chi connectivity index (χ0n) is 12.4. The summed E-state index contributed by atoms with van der Waals surface area (Å²) in [6, 6.07) is 0.373. The van der Waals surface area contributed by atoms with Gasteiger partial charge in [-0.2, -0.15) is 4.31 Å². The number of sulfonamides is 1. The van der Waals surface area contributed by atoms with Gasteiger partial charge in [0.05, 0.1) is 4.75 Å². The summed E-state index contributed by atoms with van der Waals surface area (Å²) in [7, 11) is -1.11. The summed E-state index contributed by atoms with van der Waals surface area (Å²) in [6.45, 7) is 7.24. The van der Waals surface area contributed by atoms with Crippen molar-refractivity contribution in [3.63, 3.8) is 0 Å². The fourth-order valence-electron chi connectivity index (χ4n) is 2.95. The predicted octanol–water partition coefficient (Wildman–Crippen LogP) is 0.484. The van der Waals surface area contributed by atoms with Crippen LogP contribution in [0.4, 0.5) is 0 Å². The van der Waals surface area contributed by atoms with Crippen molar-refractivity contribution in [2.45, 2.75) is 43.9 Å². The van der Waals surface area contributed by atoms with Crippen LogP contribution in [0.25, 0.3) is 0 Å². The van der Waals surface area contributed by atoms with Gasteiger partial charge in [0.25, 0.3) is 0 Å². The third-order valence-electron chi connectivity index (χ3n) is 4.46. The monoisotopic (exact) mass is 289 g/mol. The van der Waals surface area contributed by atoms with Crippen molar-refractivity contribution in [2.24, 2.45) is 0 Å². The standard InChI is InChI=1S/C13H27N3O2S/c1-13(2)11-14-7-9-16(19(13,17)18)10-12-6-4-5-8-15(12)3/h12,14H,4-11H2,1-3H3. The maximum atomic E-state index is 12.7. The molecule has 0 aromatic rings. The van der Waals surface area contributed by atoms with Crippen molar-refractivity contribution in [3.8, 4) is 0 Å². The first-order valence-corrected chi connectivity index (χ1v) is 8.69. The van der Waals surface area contributed by atoms with Gasteiger partial charge in [-0.15, -0.1) is 0 Å². The molecule has 0 aromatic heterocycles. The highest BCUT2D eigenvalue weighted by molar-refractivity contribution is 7.90. The molecule has 2 saturated heterocycles. The Morgan fingerprint density at radius 3 is 2.68 bits per heavy atom. The Labute approximate surface area is 117 Å². The van der Waals surface area contributed by atoms with E-state index < -0.39 is 14.8 Å². The van der Waals surface area contributed by atoms with Gasteiger partial charge in [-0.3, -0.25) is 0 Å². The van der Waals surface area contributed by atoms with Crippen molar-refractivity contribution in [2.75, 3.05) is 39.8 Å². The lowest BCUT2D eigenvalue weighted by atomic mass is 10.0. The highest BCUT2D eigenvalue weighted by atomic mass is 32.2. The summed E-state index contributed by atoms with van der Waals surface area (Å²) in [4.78, 5) is 2.31. The number of hydrogen-bond donors (Lipinski definition) is 1. The van der Waals surface area contributed by atoms with Gasteiger partial charge < -0.3 is 10.2 Å². The molecule has 0 radical (unpaired) electrons. The lowest BCUT2D eigenvalue weighted by Gasteiger charge is -2.37. The van der Waals surface area contributed by atoms with Gasteiger partial charge in [-0.1, -0.05) is 6.42 Å². The normalized spacial score (nSPS) is 32.9. The second kappa shape index (κ2) is 5.68. The van der Waals surface area contributed by atoms with Crippen LogP contribution in [0.1, 0.15) is 33.1 Å². The first-order valence-electron chi connectivity index (χ1n) is 7.25. The van der Waals surface area contributed by atoms with Crippen molar-refractivity contribution in [1.82, 2.24) is 14.5 Å². The molecule has 2 aliphatic rings. The van der Waals surface area contributed by atoms with Crippen molar-refractivity contribution < 1.29 is 8.42 Å². The molecule has 0 amide bonds. The van der Waals surface area contributed by atoms with Crippen LogP contribution in [0, 0.1) is 0 Å². The van der Waals surface area contributed by atoms with Crippen LogP contribution < -0.4 is 5.32 Å². The minimum absolute atomic E-state index is 0.373. The third kappa shape index (κ3) is 3.12. The second-order valence-corrected chi connectivity index (χ2v) is 9.00. The van der Waals surface area contributed by atoms with E-state index in [0.29, 0.717) is 25.7 Å². The molecule has 6 heteroatoms. The summed E-state index contributed by atoms with van der Waals surface area (Å²) in [6.07, 6.45) is 3.55. The van der Waals surface area contributed by atoms with E-state index in [0.717, 1.165) is 19.5 Å². The summed E-state index contributed by atoms with van der Waals surface area (Å²) in [5.41, 5.74) is 0. The van der Waals surface area contributed by atoms with Gasteiger partial charge >= 0.3 is 0 Å². The lowest BCUT2D eigenvalue weighted by molar-refractivity contribution is 0.160. The highest BCUT2D eigenvalue weighted by Gasteiger charge is 2.41. The zero-order chi connectivity index (χ0) is 14.1. The molecular formula is C13H27N3O2S. The number of rotatable bonds is 2. The number of nitrogens with zero attached hydrogens (tertiary/aromatic N) is 2. The smallest absolute Gasteiger partial charge is 0.220 e. The average Bonchev–Trinajstić information content (AvgIpc) is 2.43. The van der Waals surface area contributed by atoms with Crippen LogP contribution in [0.5, 0.6) is 0 Å². The number of nitrogens with one attached hydrogen (secondary N) is 1. The van der Waals surface area contributed by atoms with Crippen molar-refractivity contribution in [3.05, 3.63) is 0 Å². The maximum Gasteiger partial charge on any atom is 0.220 e. The Morgan fingerprint density at radius 2 is 2.00 bits per heavy atom. The SMILES string of the molecule is CN1CCCCC1CN1CCNCC(C)(C)S1(=O)=O. The van der Waals surface area contributed by atoms with Crippen molar-refractivity contribution >= 4 is 10.0 Å². The Bertz CT molecular complexity index is 408. The number of piperidine rings is 1. The van der Waals surface area contributed by atoms with Gasteiger partial charge in [0.15, 0.2) is 0 Å². The van der Waals surface area contributed by atoms with Crippen LogP contribution in [-0.2, 0) is 10.0 Å².